The first-order valence-electron chi connectivity index (χ1n) is 10.0. The second-order valence-electron chi connectivity index (χ2n) is 7.95. The number of aliphatic hydroxyl groups excluding tert-OH is 1. The zero-order valence-electron chi connectivity index (χ0n) is 16.8. The van der Waals surface area contributed by atoms with E-state index in [9.17, 15) is 14.7 Å². The number of aliphatic hydroxyl groups is 1. The quantitative estimate of drug-likeness (QED) is 0.765. The van der Waals surface area contributed by atoms with Crippen LogP contribution in [0.3, 0.4) is 0 Å². The molecule has 152 valence electrons. The molecule has 1 heterocycles. The summed E-state index contributed by atoms with van der Waals surface area (Å²) < 4.78 is 5.78. The fraction of sp³-hybridized carbons (Fsp3) is 0.391. The molecule has 1 aliphatic carbocycles. The van der Waals surface area contributed by atoms with Crippen molar-refractivity contribution in [2.75, 3.05) is 13.2 Å². The van der Waals surface area contributed by atoms with Crippen molar-refractivity contribution >= 4 is 11.9 Å². The van der Waals surface area contributed by atoms with Crippen molar-refractivity contribution in [1.82, 2.24) is 10.2 Å². The van der Waals surface area contributed by atoms with Crippen molar-refractivity contribution in [2.45, 2.75) is 44.8 Å². The third kappa shape index (κ3) is 3.38. The summed E-state index contributed by atoms with van der Waals surface area (Å²) in [6.07, 6.45) is 1.32. The molecule has 0 radical (unpaired) electrons. The molecule has 0 saturated carbocycles. The second kappa shape index (κ2) is 7.52. The van der Waals surface area contributed by atoms with E-state index in [2.05, 4.69) is 5.32 Å². The number of hydrogen-bond donors (Lipinski definition) is 2. The normalized spacial score (nSPS) is 21.8. The number of nitrogens with one attached hydrogen (secondary N) is 1. The molecule has 2 aromatic carbocycles. The minimum atomic E-state index is -1.01. The molecule has 3 amide bonds. The lowest BCUT2D eigenvalue weighted by Crippen LogP contribution is -2.47. The highest BCUT2D eigenvalue weighted by Crippen LogP contribution is 2.39. The molecule has 1 fully saturated rings. The van der Waals surface area contributed by atoms with Crippen molar-refractivity contribution in [3.63, 3.8) is 0 Å². The van der Waals surface area contributed by atoms with Crippen LogP contribution in [0.1, 0.15) is 35.1 Å². The van der Waals surface area contributed by atoms with E-state index in [1.165, 1.54) is 0 Å². The summed E-state index contributed by atoms with van der Waals surface area (Å²) in [5, 5.41) is 13.4. The summed E-state index contributed by atoms with van der Waals surface area (Å²) in [6, 6.07) is 13.1. The number of urea groups is 1. The number of ether oxygens (including phenoxy) is 1. The van der Waals surface area contributed by atoms with Crippen LogP contribution in [0.15, 0.2) is 42.5 Å². The van der Waals surface area contributed by atoms with E-state index in [4.69, 9.17) is 4.74 Å². The van der Waals surface area contributed by atoms with E-state index < -0.39 is 17.7 Å². The minimum absolute atomic E-state index is 0.00629. The van der Waals surface area contributed by atoms with E-state index in [1.807, 2.05) is 56.3 Å². The van der Waals surface area contributed by atoms with Gasteiger partial charge < -0.3 is 15.2 Å². The van der Waals surface area contributed by atoms with Gasteiger partial charge in [0.25, 0.3) is 5.91 Å². The van der Waals surface area contributed by atoms with Crippen LogP contribution in [0.2, 0.25) is 0 Å². The van der Waals surface area contributed by atoms with Crippen molar-refractivity contribution in [1.29, 1.82) is 0 Å². The minimum Gasteiger partial charge on any atom is -0.490 e. The zero-order valence-corrected chi connectivity index (χ0v) is 16.8. The van der Waals surface area contributed by atoms with Gasteiger partial charge in [0.2, 0.25) is 0 Å². The molecule has 2 aliphatic rings. The molecule has 0 aromatic heterocycles. The lowest BCUT2D eigenvalue weighted by atomic mass is 9.76. The Morgan fingerprint density at radius 2 is 1.86 bits per heavy atom. The van der Waals surface area contributed by atoms with Crippen LogP contribution in [0.25, 0.3) is 0 Å². The van der Waals surface area contributed by atoms with Gasteiger partial charge in [-0.15, -0.1) is 0 Å². The van der Waals surface area contributed by atoms with Gasteiger partial charge in [0, 0.05) is 0 Å². The van der Waals surface area contributed by atoms with Gasteiger partial charge in [0.05, 0.1) is 6.54 Å². The highest BCUT2D eigenvalue weighted by Gasteiger charge is 2.54. The molecular formula is C23H26N2O4. The summed E-state index contributed by atoms with van der Waals surface area (Å²) in [5.41, 5.74) is 2.90. The van der Waals surface area contributed by atoms with Gasteiger partial charge in [-0.1, -0.05) is 42.5 Å². The molecule has 2 N–H and O–H groups in total. The molecule has 1 aliphatic heterocycles. The van der Waals surface area contributed by atoms with Crippen molar-refractivity contribution < 1.29 is 19.4 Å². The third-order valence-corrected chi connectivity index (χ3v) is 5.87. The van der Waals surface area contributed by atoms with Gasteiger partial charge in [0.1, 0.15) is 24.0 Å². The van der Waals surface area contributed by atoms with Gasteiger partial charge in [0.15, 0.2) is 0 Å². The summed E-state index contributed by atoms with van der Waals surface area (Å²) in [5.74, 6) is 0.433. The molecule has 2 atom stereocenters. The Bertz CT molecular complexity index is 937. The number of carbonyl (C=O) groups excluding carboxylic acids is 2. The van der Waals surface area contributed by atoms with Gasteiger partial charge >= 0.3 is 6.03 Å². The standard InChI is InChI=1S/C23H26N2O4/c1-15-7-5-8-16(2)20(15)29-14-18(26)13-25-21(27)23(24-22(25)28)12-6-10-17-9-3-4-11-19(17)23/h3-5,7-9,11,18,26H,6,10,12-14H2,1-2H3,(H,24,28)/t18-,23+/m1/s1. The molecule has 6 nitrogen and oxygen atoms in total. The van der Waals surface area contributed by atoms with Crippen LogP contribution in [0.4, 0.5) is 4.79 Å². The Kier molecular flexibility index (Phi) is 5.04. The first-order valence-corrected chi connectivity index (χ1v) is 10.0. The number of benzene rings is 2. The molecule has 1 saturated heterocycles. The third-order valence-electron chi connectivity index (χ3n) is 5.87. The maximum Gasteiger partial charge on any atom is 0.325 e. The highest BCUT2D eigenvalue weighted by atomic mass is 16.5. The molecule has 2 aromatic rings. The Hall–Kier alpha value is -2.86. The van der Waals surface area contributed by atoms with Crippen molar-refractivity contribution in [3.8, 4) is 5.75 Å². The largest absolute Gasteiger partial charge is 0.490 e. The number of fused-ring (bicyclic) bond motifs is 2. The maximum atomic E-state index is 13.3. The van der Waals surface area contributed by atoms with E-state index in [0.29, 0.717) is 6.42 Å². The molecular weight excluding hydrogens is 368 g/mol. The van der Waals surface area contributed by atoms with E-state index in [1.54, 1.807) is 0 Å². The molecule has 29 heavy (non-hydrogen) atoms. The lowest BCUT2D eigenvalue weighted by Gasteiger charge is -2.33. The zero-order chi connectivity index (χ0) is 20.6. The number of imide groups is 1. The predicted octanol–water partition coefficient (Wildman–Crippen LogP) is 2.83. The number of amides is 3. The number of aryl methyl sites for hydroxylation is 3. The maximum absolute atomic E-state index is 13.3. The molecule has 4 rings (SSSR count). The first-order chi connectivity index (χ1) is 13.9. The lowest BCUT2D eigenvalue weighted by molar-refractivity contribution is -0.133. The fourth-order valence-electron chi connectivity index (χ4n) is 4.45. The molecule has 0 bridgehead atoms. The Morgan fingerprint density at radius 1 is 1.14 bits per heavy atom. The first kappa shape index (κ1) is 19.5. The van der Waals surface area contributed by atoms with Crippen LogP contribution >= 0.6 is 0 Å². The SMILES string of the molecule is Cc1cccc(C)c1OC[C@H](O)CN1C(=O)N[C@]2(CCCc3ccccc32)C1=O. The van der Waals surface area contributed by atoms with Crippen LogP contribution < -0.4 is 10.1 Å². The van der Waals surface area contributed by atoms with Crippen molar-refractivity contribution in [2.24, 2.45) is 0 Å². The second-order valence-corrected chi connectivity index (χ2v) is 7.95. The highest BCUT2D eigenvalue weighted by molar-refractivity contribution is 6.07. The Labute approximate surface area is 170 Å². The number of nitrogens with zero attached hydrogens (tertiary/aromatic N) is 1. The number of carbonyl (C=O) groups is 2. The van der Waals surface area contributed by atoms with E-state index in [0.717, 1.165) is 45.7 Å². The van der Waals surface area contributed by atoms with Crippen LogP contribution in [-0.4, -0.2) is 41.2 Å². The number of para-hydroxylation sites is 1. The number of hydrogen-bond acceptors (Lipinski definition) is 4. The molecule has 6 heteroatoms. The summed E-state index contributed by atoms with van der Waals surface area (Å²) >= 11 is 0. The van der Waals surface area contributed by atoms with Crippen LogP contribution in [-0.2, 0) is 16.8 Å². The fourth-order valence-corrected chi connectivity index (χ4v) is 4.45. The van der Waals surface area contributed by atoms with Gasteiger partial charge in [-0.2, -0.15) is 0 Å². The Balaban J connectivity index is 1.48. The monoisotopic (exact) mass is 394 g/mol. The summed E-state index contributed by atoms with van der Waals surface area (Å²) in [6.45, 7) is 3.79. The smallest absolute Gasteiger partial charge is 0.325 e. The summed E-state index contributed by atoms with van der Waals surface area (Å²) in [4.78, 5) is 27.0. The molecule has 1 spiro atoms. The van der Waals surface area contributed by atoms with Gasteiger partial charge in [-0.25, -0.2) is 4.79 Å². The van der Waals surface area contributed by atoms with Gasteiger partial charge in [-0.05, 0) is 55.4 Å². The Morgan fingerprint density at radius 3 is 2.62 bits per heavy atom. The molecule has 0 unspecified atom stereocenters. The van der Waals surface area contributed by atoms with Crippen LogP contribution in [0.5, 0.6) is 5.75 Å². The number of β-amino-alcohol motifs (C(OH)–C–C–N with tert-alkyl or cyclic N) is 1. The van der Waals surface area contributed by atoms with Gasteiger partial charge in [-0.3, -0.25) is 9.69 Å². The van der Waals surface area contributed by atoms with Crippen LogP contribution in [0, 0.1) is 13.8 Å². The average molecular weight is 394 g/mol. The predicted molar refractivity (Wildman–Crippen MR) is 109 cm³/mol. The van der Waals surface area contributed by atoms with Crippen molar-refractivity contribution in [3.05, 3.63) is 64.7 Å². The topological polar surface area (TPSA) is 78.9 Å². The average Bonchev–Trinajstić information content (AvgIpc) is 2.93. The van der Waals surface area contributed by atoms with E-state index in [-0.39, 0.29) is 19.1 Å². The number of rotatable bonds is 5. The van der Waals surface area contributed by atoms with E-state index >= 15 is 0 Å². The summed E-state index contributed by atoms with van der Waals surface area (Å²) in [7, 11) is 0.